The molecule has 4 aromatic rings. The van der Waals surface area contributed by atoms with Gasteiger partial charge in [0.25, 0.3) is 0 Å². The van der Waals surface area contributed by atoms with E-state index in [-0.39, 0.29) is 11.5 Å². The molecule has 0 saturated heterocycles. The highest BCUT2D eigenvalue weighted by atomic mass is 16.6. The van der Waals surface area contributed by atoms with Crippen LogP contribution in [0.1, 0.15) is 35.1 Å². The summed E-state index contributed by atoms with van der Waals surface area (Å²) < 4.78 is 11.9. The molecule has 0 spiro atoms. The van der Waals surface area contributed by atoms with Gasteiger partial charge < -0.3 is 14.5 Å². The maximum atomic E-state index is 11.5. The monoisotopic (exact) mass is 430 g/mol. The average molecular weight is 431 g/mol. The average Bonchev–Trinajstić information content (AvgIpc) is 3.22. The normalized spacial score (nSPS) is 11.9. The number of aryl methyl sites for hydroxylation is 1. The van der Waals surface area contributed by atoms with Crippen LogP contribution in [0.5, 0.6) is 11.5 Å². The summed E-state index contributed by atoms with van der Waals surface area (Å²) in [5.74, 6) is 0.798. The number of benzene rings is 3. The van der Waals surface area contributed by atoms with E-state index in [0.717, 1.165) is 27.6 Å². The molecule has 1 aromatic heterocycles. The van der Waals surface area contributed by atoms with Crippen LogP contribution < -0.4 is 9.47 Å². The first-order chi connectivity index (χ1) is 15.5. The smallest absolute Gasteiger partial charge is 0.214 e. The van der Waals surface area contributed by atoms with Gasteiger partial charge in [-0.15, -0.1) is 0 Å². The second kappa shape index (κ2) is 9.56. The van der Waals surface area contributed by atoms with Crippen molar-refractivity contribution in [1.82, 2.24) is 4.98 Å². The van der Waals surface area contributed by atoms with E-state index >= 15 is 0 Å². The van der Waals surface area contributed by atoms with E-state index < -0.39 is 5.92 Å². The molecule has 0 saturated carbocycles. The Hall–Kier alpha value is -3.80. The predicted octanol–water partition coefficient (Wildman–Crippen LogP) is 5.86. The van der Waals surface area contributed by atoms with Gasteiger partial charge in [0.15, 0.2) is 11.5 Å². The van der Waals surface area contributed by atoms with Gasteiger partial charge in [-0.05, 0) is 48.7 Å². The van der Waals surface area contributed by atoms with Gasteiger partial charge in [-0.25, -0.2) is 0 Å². The first-order valence-corrected chi connectivity index (χ1v) is 10.7. The highest BCUT2D eigenvalue weighted by Gasteiger charge is 2.24. The molecule has 6 nitrogen and oxygen atoms in total. The van der Waals surface area contributed by atoms with E-state index in [1.165, 1.54) is 5.56 Å². The zero-order chi connectivity index (χ0) is 22.5. The van der Waals surface area contributed by atoms with Crippen LogP contribution in [0.15, 0.2) is 72.9 Å². The number of aromatic nitrogens is 1. The third-order valence-electron chi connectivity index (χ3n) is 5.51. The van der Waals surface area contributed by atoms with Gasteiger partial charge in [-0.2, -0.15) is 0 Å². The minimum Gasteiger partial charge on any atom is -0.490 e. The number of rotatable bonds is 9. The molecule has 0 radical (unpaired) electrons. The SMILES string of the molecule is CCOc1cc([C@@H](C[N+](=O)[O-])c2c[nH]c3ccccc23)ccc1OCc1ccc(C)cc1. The Morgan fingerprint density at radius 3 is 2.53 bits per heavy atom. The van der Waals surface area contributed by atoms with E-state index in [4.69, 9.17) is 9.47 Å². The number of para-hydroxylation sites is 1. The molecule has 3 aromatic carbocycles. The van der Waals surface area contributed by atoms with Crippen molar-refractivity contribution in [2.75, 3.05) is 13.2 Å². The molecule has 0 aliphatic heterocycles. The Balaban J connectivity index is 1.66. The molecule has 1 atom stereocenters. The van der Waals surface area contributed by atoms with Gasteiger partial charge in [0.1, 0.15) is 6.61 Å². The summed E-state index contributed by atoms with van der Waals surface area (Å²) in [5, 5.41) is 12.5. The van der Waals surface area contributed by atoms with Crippen LogP contribution >= 0.6 is 0 Å². The maximum absolute atomic E-state index is 11.5. The molecule has 0 unspecified atom stereocenters. The highest BCUT2D eigenvalue weighted by molar-refractivity contribution is 5.84. The molecule has 0 aliphatic carbocycles. The first kappa shape index (κ1) is 21.4. The van der Waals surface area contributed by atoms with Crippen LogP contribution in [0.2, 0.25) is 0 Å². The number of H-pyrrole nitrogens is 1. The topological polar surface area (TPSA) is 77.4 Å². The van der Waals surface area contributed by atoms with Crippen LogP contribution in [-0.4, -0.2) is 23.1 Å². The number of nitrogens with one attached hydrogen (secondary N) is 1. The van der Waals surface area contributed by atoms with Gasteiger partial charge in [-0.3, -0.25) is 10.1 Å². The Morgan fingerprint density at radius 1 is 1.00 bits per heavy atom. The molecule has 6 heteroatoms. The van der Waals surface area contributed by atoms with Crippen molar-refractivity contribution in [3.05, 3.63) is 105 Å². The van der Waals surface area contributed by atoms with Crippen molar-refractivity contribution in [2.45, 2.75) is 26.4 Å². The quantitative estimate of drug-likeness (QED) is 0.266. The van der Waals surface area contributed by atoms with Crippen LogP contribution in [0.4, 0.5) is 0 Å². The van der Waals surface area contributed by atoms with E-state index in [2.05, 4.69) is 17.1 Å². The van der Waals surface area contributed by atoms with Crippen LogP contribution in [0.3, 0.4) is 0 Å². The third-order valence-corrected chi connectivity index (χ3v) is 5.51. The molecular weight excluding hydrogens is 404 g/mol. The van der Waals surface area contributed by atoms with Gasteiger partial charge >= 0.3 is 0 Å². The summed E-state index contributed by atoms with van der Waals surface area (Å²) in [6.45, 7) is 4.63. The van der Waals surface area contributed by atoms with E-state index in [1.807, 2.05) is 74.6 Å². The summed E-state index contributed by atoms with van der Waals surface area (Å²) in [6, 6.07) is 21.6. The zero-order valence-electron chi connectivity index (χ0n) is 18.2. The summed E-state index contributed by atoms with van der Waals surface area (Å²) in [4.78, 5) is 14.5. The molecule has 1 heterocycles. The van der Waals surface area contributed by atoms with Crippen molar-refractivity contribution < 1.29 is 14.4 Å². The standard InChI is InChI=1S/C26H26N2O4/c1-3-31-26-14-20(12-13-25(26)32-17-19-10-8-18(2)9-11-19)23(16-28(29)30)22-15-27-24-7-5-4-6-21(22)24/h4-15,23,27H,3,16-17H2,1-2H3/t23-/m1/s1. The largest absolute Gasteiger partial charge is 0.490 e. The van der Waals surface area contributed by atoms with E-state index in [0.29, 0.717) is 24.7 Å². The van der Waals surface area contributed by atoms with Gasteiger partial charge in [0, 0.05) is 22.0 Å². The summed E-state index contributed by atoms with van der Waals surface area (Å²) in [7, 11) is 0. The molecule has 0 fully saturated rings. The summed E-state index contributed by atoms with van der Waals surface area (Å²) >= 11 is 0. The molecule has 0 bridgehead atoms. The lowest BCUT2D eigenvalue weighted by Crippen LogP contribution is -2.14. The highest BCUT2D eigenvalue weighted by Crippen LogP contribution is 2.36. The second-order valence-corrected chi connectivity index (χ2v) is 7.77. The molecule has 0 aliphatic rings. The maximum Gasteiger partial charge on any atom is 0.214 e. The van der Waals surface area contributed by atoms with Gasteiger partial charge in [0.2, 0.25) is 6.54 Å². The summed E-state index contributed by atoms with van der Waals surface area (Å²) in [6.07, 6.45) is 1.86. The lowest BCUT2D eigenvalue weighted by molar-refractivity contribution is -0.481. The van der Waals surface area contributed by atoms with Crippen molar-refractivity contribution in [3.63, 3.8) is 0 Å². The van der Waals surface area contributed by atoms with E-state index in [1.54, 1.807) is 0 Å². The minimum absolute atomic E-state index is 0.211. The number of ether oxygens (including phenoxy) is 2. The predicted molar refractivity (Wildman–Crippen MR) is 125 cm³/mol. The molecular formula is C26H26N2O4. The molecule has 4 rings (SSSR count). The molecule has 0 amide bonds. The number of nitrogens with zero attached hydrogens (tertiary/aromatic N) is 1. The van der Waals surface area contributed by atoms with Crippen LogP contribution in [0, 0.1) is 17.0 Å². The Morgan fingerprint density at radius 2 is 1.78 bits per heavy atom. The molecule has 32 heavy (non-hydrogen) atoms. The fraction of sp³-hybridized carbons (Fsp3) is 0.231. The molecule has 1 N–H and O–H groups in total. The number of nitro groups is 1. The molecule has 164 valence electrons. The Bertz CT molecular complexity index is 1210. The van der Waals surface area contributed by atoms with Crippen LogP contribution in [0.25, 0.3) is 10.9 Å². The van der Waals surface area contributed by atoms with Crippen molar-refractivity contribution in [3.8, 4) is 11.5 Å². The van der Waals surface area contributed by atoms with Crippen molar-refractivity contribution in [1.29, 1.82) is 0 Å². The van der Waals surface area contributed by atoms with Gasteiger partial charge in [-0.1, -0.05) is 54.1 Å². The first-order valence-electron chi connectivity index (χ1n) is 10.7. The van der Waals surface area contributed by atoms with Crippen LogP contribution in [-0.2, 0) is 6.61 Å². The van der Waals surface area contributed by atoms with Gasteiger partial charge in [0.05, 0.1) is 12.5 Å². The number of fused-ring (bicyclic) bond motifs is 1. The Labute approximate surface area is 187 Å². The number of aromatic amines is 1. The second-order valence-electron chi connectivity index (χ2n) is 7.77. The minimum atomic E-state index is -0.411. The number of hydrogen-bond acceptors (Lipinski definition) is 4. The van der Waals surface area contributed by atoms with Crippen molar-refractivity contribution in [2.24, 2.45) is 0 Å². The third kappa shape index (κ3) is 4.75. The van der Waals surface area contributed by atoms with E-state index in [9.17, 15) is 10.1 Å². The Kier molecular flexibility index (Phi) is 6.40. The zero-order valence-corrected chi connectivity index (χ0v) is 18.2. The fourth-order valence-electron chi connectivity index (χ4n) is 3.89. The van der Waals surface area contributed by atoms with Crippen molar-refractivity contribution >= 4 is 10.9 Å². The lowest BCUT2D eigenvalue weighted by atomic mass is 9.90. The summed E-state index contributed by atoms with van der Waals surface area (Å²) in [5.41, 5.74) is 4.93. The lowest BCUT2D eigenvalue weighted by Gasteiger charge is -2.17. The number of hydrogen-bond donors (Lipinski definition) is 1. The fourth-order valence-corrected chi connectivity index (χ4v) is 3.89.